The largest absolute Gasteiger partial charge is 0.481 e. The van der Waals surface area contributed by atoms with Crippen LogP contribution in [0.1, 0.15) is 17.5 Å². The third-order valence-electron chi connectivity index (χ3n) is 2.48. The second kappa shape index (κ2) is 3.73. The molecule has 1 N–H and O–H groups in total. The normalized spacial score (nSPS) is 16.5. The van der Waals surface area contributed by atoms with E-state index >= 15 is 0 Å². The van der Waals surface area contributed by atoms with Crippen LogP contribution in [-0.2, 0) is 11.2 Å². The van der Waals surface area contributed by atoms with Crippen molar-refractivity contribution in [3.8, 4) is 5.88 Å². The highest BCUT2D eigenvalue weighted by atomic mass is 16.5. The number of ether oxygens (including phenoxy) is 1. The van der Waals surface area contributed by atoms with Crippen LogP contribution in [-0.4, -0.2) is 23.2 Å². The third-order valence-corrected chi connectivity index (χ3v) is 2.48. The number of nitrogens with zero attached hydrogens (tertiary/aromatic N) is 1. The molecule has 0 bridgehead atoms. The minimum atomic E-state index is -0.909. The number of methoxy groups -OCH3 is 1. The van der Waals surface area contributed by atoms with Crippen molar-refractivity contribution < 1.29 is 14.6 Å². The van der Waals surface area contributed by atoms with E-state index in [0.29, 0.717) is 5.88 Å². The van der Waals surface area contributed by atoms with Crippen molar-refractivity contribution in [3.05, 3.63) is 29.5 Å². The fourth-order valence-corrected chi connectivity index (χ4v) is 1.78. The Morgan fingerprint density at radius 1 is 1.60 bits per heavy atom. The molecule has 0 saturated carbocycles. The van der Waals surface area contributed by atoms with Gasteiger partial charge in [0.1, 0.15) is 0 Å². The summed E-state index contributed by atoms with van der Waals surface area (Å²) in [6, 6.07) is 1.79. The van der Waals surface area contributed by atoms with Gasteiger partial charge in [0.2, 0.25) is 5.88 Å². The Balaban J connectivity index is 2.44. The van der Waals surface area contributed by atoms with Crippen molar-refractivity contribution >= 4 is 11.5 Å². The SMILES string of the molecule is COc1cc2c(cn1)CCC2=CC(=O)O. The lowest BCUT2D eigenvalue weighted by Crippen LogP contribution is -1.92. The molecule has 1 aromatic heterocycles. The van der Waals surface area contributed by atoms with Crippen LogP contribution in [0.25, 0.3) is 5.57 Å². The van der Waals surface area contributed by atoms with E-state index < -0.39 is 5.97 Å². The average molecular weight is 205 g/mol. The molecule has 15 heavy (non-hydrogen) atoms. The predicted molar refractivity (Wildman–Crippen MR) is 54.7 cm³/mol. The van der Waals surface area contributed by atoms with Crippen LogP contribution in [0.15, 0.2) is 18.3 Å². The van der Waals surface area contributed by atoms with Crippen LogP contribution < -0.4 is 4.74 Å². The molecule has 0 saturated heterocycles. The van der Waals surface area contributed by atoms with Gasteiger partial charge in [0, 0.05) is 18.3 Å². The maximum absolute atomic E-state index is 10.6. The molecule has 0 atom stereocenters. The summed E-state index contributed by atoms with van der Waals surface area (Å²) in [5.41, 5.74) is 2.88. The minimum Gasteiger partial charge on any atom is -0.481 e. The van der Waals surface area contributed by atoms with Crippen molar-refractivity contribution in [2.24, 2.45) is 0 Å². The second-order valence-corrected chi connectivity index (χ2v) is 3.39. The lowest BCUT2D eigenvalue weighted by Gasteiger charge is -2.02. The predicted octanol–water partition coefficient (Wildman–Crippen LogP) is 1.50. The highest BCUT2D eigenvalue weighted by molar-refractivity contribution is 5.91. The van der Waals surface area contributed by atoms with Gasteiger partial charge in [0.05, 0.1) is 7.11 Å². The van der Waals surface area contributed by atoms with Crippen LogP contribution in [0.4, 0.5) is 0 Å². The van der Waals surface area contributed by atoms with E-state index in [1.54, 1.807) is 19.4 Å². The van der Waals surface area contributed by atoms with Gasteiger partial charge in [0.15, 0.2) is 0 Å². The molecule has 0 radical (unpaired) electrons. The molecule has 1 aliphatic rings. The molecule has 0 aliphatic heterocycles. The Hall–Kier alpha value is -1.84. The maximum atomic E-state index is 10.6. The molecule has 0 fully saturated rings. The zero-order valence-electron chi connectivity index (χ0n) is 8.36. The Morgan fingerprint density at radius 3 is 3.07 bits per heavy atom. The van der Waals surface area contributed by atoms with Crippen LogP contribution in [0.5, 0.6) is 5.88 Å². The summed E-state index contributed by atoms with van der Waals surface area (Å²) in [6.07, 6.45) is 4.62. The highest BCUT2D eigenvalue weighted by Gasteiger charge is 2.18. The lowest BCUT2D eigenvalue weighted by atomic mass is 10.1. The number of hydrogen-bond donors (Lipinski definition) is 1. The molecule has 78 valence electrons. The van der Waals surface area contributed by atoms with Crippen molar-refractivity contribution in [2.45, 2.75) is 12.8 Å². The Labute approximate surface area is 87.2 Å². The van der Waals surface area contributed by atoms with Gasteiger partial charge in [-0.05, 0) is 29.5 Å². The fraction of sp³-hybridized carbons (Fsp3) is 0.273. The molecule has 0 unspecified atom stereocenters. The first-order chi connectivity index (χ1) is 7.20. The molecule has 4 nitrogen and oxygen atoms in total. The van der Waals surface area contributed by atoms with Gasteiger partial charge in [-0.3, -0.25) is 0 Å². The summed E-state index contributed by atoms with van der Waals surface area (Å²) in [5.74, 6) is -0.388. The molecule has 1 aliphatic carbocycles. The number of carboxylic acids is 1. The zero-order valence-corrected chi connectivity index (χ0v) is 8.36. The molecular weight excluding hydrogens is 194 g/mol. The summed E-state index contributed by atoms with van der Waals surface area (Å²) in [7, 11) is 1.55. The minimum absolute atomic E-state index is 0.520. The number of aliphatic carboxylic acids is 1. The van der Waals surface area contributed by atoms with Gasteiger partial charge in [-0.15, -0.1) is 0 Å². The first kappa shape index (κ1) is 9.71. The third kappa shape index (κ3) is 1.83. The van der Waals surface area contributed by atoms with E-state index in [4.69, 9.17) is 9.84 Å². The van der Waals surface area contributed by atoms with E-state index in [-0.39, 0.29) is 0 Å². The molecule has 0 amide bonds. The molecular formula is C11H11NO3. The van der Waals surface area contributed by atoms with E-state index in [2.05, 4.69) is 4.98 Å². The molecule has 1 heterocycles. The number of aromatic nitrogens is 1. The fourth-order valence-electron chi connectivity index (χ4n) is 1.78. The Bertz CT molecular complexity index is 437. The number of pyridine rings is 1. The van der Waals surface area contributed by atoms with E-state index in [9.17, 15) is 4.79 Å². The number of carboxylic acid groups (broad SMARTS) is 1. The Kier molecular flexibility index (Phi) is 2.41. The first-order valence-corrected chi connectivity index (χ1v) is 4.67. The van der Waals surface area contributed by atoms with Gasteiger partial charge < -0.3 is 9.84 Å². The molecule has 2 rings (SSSR count). The zero-order chi connectivity index (χ0) is 10.8. The van der Waals surface area contributed by atoms with Gasteiger partial charge >= 0.3 is 5.97 Å². The summed E-state index contributed by atoms with van der Waals surface area (Å²) in [5, 5.41) is 8.70. The number of carbonyl (C=O) groups is 1. The first-order valence-electron chi connectivity index (χ1n) is 4.67. The summed E-state index contributed by atoms with van der Waals surface area (Å²) >= 11 is 0. The number of allylic oxidation sites excluding steroid dienone is 1. The Morgan fingerprint density at radius 2 is 2.40 bits per heavy atom. The maximum Gasteiger partial charge on any atom is 0.328 e. The van der Waals surface area contributed by atoms with Gasteiger partial charge in [-0.2, -0.15) is 0 Å². The van der Waals surface area contributed by atoms with Crippen molar-refractivity contribution in [3.63, 3.8) is 0 Å². The van der Waals surface area contributed by atoms with Crippen molar-refractivity contribution in [1.29, 1.82) is 0 Å². The van der Waals surface area contributed by atoms with Gasteiger partial charge in [-0.1, -0.05) is 0 Å². The van der Waals surface area contributed by atoms with Crippen LogP contribution >= 0.6 is 0 Å². The summed E-state index contributed by atoms with van der Waals surface area (Å²) < 4.78 is 5.01. The summed E-state index contributed by atoms with van der Waals surface area (Å²) in [4.78, 5) is 14.7. The standard InChI is InChI=1S/C11H11NO3/c1-15-10-5-9-7(4-11(13)14)2-3-8(9)6-12-10/h4-6H,2-3H2,1H3,(H,13,14). The number of aryl methyl sites for hydroxylation is 1. The van der Waals surface area contributed by atoms with Crippen molar-refractivity contribution in [1.82, 2.24) is 4.98 Å². The molecule has 0 aromatic carbocycles. The average Bonchev–Trinajstić information content (AvgIpc) is 2.60. The topological polar surface area (TPSA) is 59.4 Å². The highest BCUT2D eigenvalue weighted by Crippen LogP contribution is 2.33. The second-order valence-electron chi connectivity index (χ2n) is 3.39. The number of hydrogen-bond acceptors (Lipinski definition) is 3. The summed E-state index contributed by atoms with van der Waals surface area (Å²) in [6.45, 7) is 0. The monoisotopic (exact) mass is 205 g/mol. The van der Waals surface area contributed by atoms with Gasteiger partial charge in [-0.25, -0.2) is 9.78 Å². The lowest BCUT2D eigenvalue weighted by molar-refractivity contribution is -0.131. The van der Waals surface area contributed by atoms with Crippen LogP contribution in [0.2, 0.25) is 0 Å². The number of rotatable bonds is 2. The van der Waals surface area contributed by atoms with Gasteiger partial charge in [0.25, 0.3) is 0 Å². The quantitative estimate of drug-likeness (QED) is 0.743. The molecule has 1 aromatic rings. The smallest absolute Gasteiger partial charge is 0.328 e. The van der Waals surface area contributed by atoms with E-state index in [1.165, 1.54) is 6.08 Å². The number of fused-ring (bicyclic) bond motifs is 1. The molecule has 4 heteroatoms. The van der Waals surface area contributed by atoms with Crippen LogP contribution in [0, 0.1) is 0 Å². The van der Waals surface area contributed by atoms with Crippen molar-refractivity contribution in [2.75, 3.05) is 7.11 Å². The molecule has 0 spiro atoms. The van der Waals surface area contributed by atoms with E-state index in [0.717, 1.165) is 29.5 Å². The van der Waals surface area contributed by atoms with E-state index in [1.807, 2.05) is 0 Å². The van der Waals surface area contributed by atoms with Crippen LogP contribution in [0.3, 0.4) is 0 Å².